The molecule has 1 aromatic heterocycles. The van der Waals surface area contributed by atoms with E-state index in [9.17, 15) is 4.79 Å². The molecule has 0 unspecified atom stereocenters. The van der Waals surface area contributed by atoms with E-state index >= 15 is 0 Å². The van der Waals surface area contributed by atoms with Gasteiger partial charge in [0.1, 0.15) is 6.61 Å². The van der Waals surface area contributed by atoms with Gasteiger partial charge in [-0.3, -0.25) is 0 Å². The summed E-state index contributed by atoms with van der Waals surface area (Å²) in [4.78, 5) is 12.4. The van der Waals surface area contributed by atoms with Crippen LogP contribution in [0.5, 0.6) is 0 Å². The van der Waals surface area contributed by atoms with Gasteiger partial charge in [0.25, 0.3) is 0 Å². The van der Waals surface area contributed by atoms with Crippen LogP contribution in [-0.2, 0) is 27.2 Å². The van der Waals surface area contributed by atoms with Gasteiger partial charge in [-0.15, -0.1) is 11.3 Å². The van der Waals surface area contributed by atoms with Crippen LogP contribution in [0.2, 0.25) is 0 Å². The maximum absolute atomic E-state index is 11.0. The summed E-state index contributed by atoms with van der Waals surface area (Å²) in [6, 6.07) is 2.17. The number of thiophene rings is 1. The Bertz CT molecular complexity index is 352. The van der Waals surface area contributed by atoms with Crippen molar-refractivity contribution in [1.82, 2.24) is 5.32 Å². The summed E-state index contributed by atoms with van der Waals surface area (Å²) in [5.74, 6) is -0.302. The lowest BCUT2D eigenvalue weighted by Crippen LogP contribution is -2.21. The summed E-state index contributed by atoms with van der Waals surface area (Å²) >= 11 is 1.77. The molecule has 4 nitrogen and oxygen atoms in total. The van der Waals surface area contributed by atoms with Gasteiger partial charge in [0, 0.05) is 18.0 Å². The fourth-order valence-electron chi connectivity index (χ4n) is 1.54. The van der Waals surface area contributed by atoms with Crippen LogP contribution in [0, 0.1) is 0 Å². The van der Waals surface area contributed by atoms with Crippen LogP contribution in [-0.4, -0.2) is 32.3 Å². The zero-order valence-corrected chi connectivity index (χ0v) is 11.8. The molecule has 5 heteroatoms. The molecule has 1 heterocycles. The van der Waals surface area contributed by atoms with E-state index in [2.05, 4.69) is 23.7 Å². The van der Waals surface area contributed by atoms with Crippen molar-refractivity contribution >= 4 is 17.3 Å². The normalized spacial score (nSPS) is 10.6. The molecule has 0 aliphatic carbocycles. The second-order valence-corrected chi connectivity index (χ2v) is 4.76. The predicted molar refractivity (Wildman–Crippen MR) is 72.9 cm³/mol. The third-order valence-corrected chi connectivity index (χ3v) is 3.42. The van der Waals surface area contributed by atoms with E-state index < -0.39 is 0 Å². The average Bonchev–Trinajstić information content (AvgIpc) is 2.81. The quantitative estimate of drug-likeness (QED) is 0.551. The van der Waals surface area contributed by atoms with E-state index in [-0.39, 0.29) is 12.6 Å². The average molecular weight is 271 g/mol. The number of hydrogen-bond donors (Lipinski definition) is 1. The number of hydrogen-bond acceptors (Lipinski definition) is 5. The van der Waals surface area contributed by atoms with E-state index in [0.717, 1.165) is 19.5 Å². The Hall–Kier alpha value is -0.910. The molecular weight excluding hydrogens is 250 g/mol. The third-order valence-electron chi connectivity index (χ3n) is 2.45. The molecule has 1 N–H and O–H groups in total. The second kappa shape index (κ2) is 9.08. The number of carbonyl (C=O) groups is 1. The van der Waals surface area contributed by atoms with Crippen molar-refractivity contribution in [3.63, 3.8) is 0 Å². The van der Waals surface area contributed by atoms with E-state index in [1.165, 1.54) is 10.4 Å². The molecule has 0 radical (unpaired) electrons. The standard InChI is InChI=1S/C13H21NO3S/c1-3-11-5-8-18-12(11)9-14-6-7-16-10-13(15)17-4-2/h5,8,14H,3-4,6-7,9-10H2,1-2H3. The van der Waals surface area contributed by atoms with E-state index in [1.54, 1.807) is 18.3 Å². The van der Waals surface area contributed by atoms with Crippen molar-refractivity contribution in [2.45, 2.75) is 26.8 Å². The van der Waals surface area contributed by atoms with Crippen molar-refractivity contribution < 1.29 is 14.3 Å². The van der Waals surface area contributed by atoms with Crippen molar-refractivity contribution in [2.75, 3.05) is 26.4 Å². The first-order valence-corrected chi connectivity index (χ1v) is 7.15. The number of nitrogens with one attached hydrogen (secondary N) is 1. The number of esters is 1. The smallest absolute Gasteiger partial charge is 0.332 e. The summed E-state index contributed by atoms with van der Waals surface area (Å²) in [5.41, 5.74) is 1.40. The maximum Gasteiger partial charge on any atom is 0.332 e. The highest BCUT2D eigenvalue weighted by Gasteiger charge is 2.02. The Morgan fingerprint density at radius 2 is 2.28 bits per heavy atom. The molecule has 0 amide bonds. The van der Waals surface area contributed by atoms with Gasteiger partial charge in [0.15, 0.2) is 0 Å². The molecule has 1 aromatic rings. The van der Waals surface area contributed by atoms with Crippen molar-refractivity contribution in [3.8, 4) is 0 Å². The van der Waals surface area contributed by atoms with Crippen LogP contribution in [0.1, 0.15) is 24.3 Å². The van der Waals surface area contributed by atoms with Gasteiger partial charge in [0.2, 0.25) is 0 Å². The van der Waals surface area contributed by atoms with Gasteiger partial charge in [-0.2, -0.15) is 0 Å². The molecule has 0 spiro atoms. The molecule has 0 bridgehead atoms. The highest BCUT2D eigenvalue weighted by molar-refractivity contribution is 7.10. The third kappa shape index (κ3) is 5.62. The molecule has 0 fully saturated rings. The molecule has 0 aromatic carbocycles. The minimum atomic E-state index is -0.302. The zero-order chi connectivity index (χ0) is 13.2. The summed E-state index contributed by atoms with van der Waals surface area (Å²) in [6.07, 6.45) is 1.07. The van der Waals surface area contributed by atoms with Gasteiger partial charge in [-0.25, -0.2) is 4.79 Å². The summed E-state index contributed by atoms with van der Waals surface area (Å²) in [5, 5.41) is 5.42. The first-order chi connectivity index (χ1) is 8.77. The van der Waals surface area contributed by atoms with Crippen LogP contribution in [0.3, 0.4) is 0 Å². The Balaban J connectivity index is 2.04. The molecule has 102 valence electrons. The minimum Gasteiger partial charge on any atom is -0.464 e. The SMILES string of the molecule is CCOC(=O)COCCNCc1sccc1CC. The van der Waals surface area contributed by atoms with Crippen molar-refractivity contribution in [3.05, 3.63) is 21.9 Å². The van der Waals surface area contributed by atoms with E-state index in [1.807, 2.05) is 0 Å². The lowest BCUT2D eigenvalue weighted by Gasteiger charge is -2.06. The second-order valence-electron chi connectivity index (χ2n) is 3.76. The van der Waals surface area contributed by atoms with Crippen LogP contribution in [0.4, 0.5) is 0 Å². The molecule has 18 heavy (non-hydrogen) atoms. The first kappa shape index (κ1) is 15.1. The number of ether oxygens (including phenoxy) is 2. The molecule has 0 saturated heterocycles. The Kier molecular flexibility index (Phi) is 7.64. The van der Waals surface area contributed by atoms with Crippen LogP contribution < -0.4 is 5.32 Å². The molecule has 0 aliphatic rings. The largest absolute Gasteiger partial charge is 0.464 e. The molecule has 0 saturated carbocycles. The topological polar surface area (TPSA) is 47.6 Å². The fourth-order valence-corrected chi connectivity index (χ4v) is 2.49. The molecule has 0 aliphatic heterocycles. The Labute approximate surface area is 112 Å². The highest BCUT2D eigenvalue weighted by atomic mass is 32.1. The van der Waals surface area contributed by atoms with Crippen molar-refractivity contribution in [1.29, 1.82) is 0 Å². The van der Waals surface area contributed by atoms with Gasteiger partial charge in [-0.1, -0.05) is 6.92 Å². The Morgan fingerprint density at radius 1 is 1.44 bits per heavy atom. The first-order valence-electron chi connectivity index (χ1n) is 6.27. The van der Waals surface area contributed by atoms with Crippen LogP contribution in [0.15, 0.2) is 11.4 Å². The molecule has 1 rings (SSSR count). The lowest BCUT2D eigenvalue weighted by atomic mass is 10.2. The molecular formula is C13H21NO3S. The van der Waals surface area contributed by atoms with E-state index in [0.29, 0.717) is 13.2 Å². The van der Waals surface area contributed by atoms with E-state index in [4.69, 9.17) is 9.47 Å². The summed E-state index contributed by atoms with van der Waals surface area (Å²) in [7, 11) is 0. The van der Waals surface area contributed by atoms with Crippen LogP contribution >= 0.6 is 11.3 Å². The summed E-state index contributed by atoms with van der Waals surface area (Å²) in [6.45, 7) is 6.50. The fraction of sp³-hybridized carbons (Fsp3) is 0.615. The zero-order valence-electron chi connectivity index (χ0n) is 11.0. The number of rotatable bonds is 9. The Morgan fingerprint density at radius 3 is 3.00 bits per heavy atom. The number of carbonyl (C=O) groups excluding carboxylic acids is 1. The monoisotopic (exact) mass is 271 g/mol. The highest BCUT2D eigenvalue weighted by Crippen LogP contribution is 2.16. The van der Waals surface area contributed by atoms with Gasteiger partial charge in [-0.05, 0) is 30.4 Å². The predicted octanol–water partition coefficient (Wildman–Crippen LogP) is 1.98. The molecule has 0 atom stereocenters. The van der Waals surface area contributed by atoms with Gasteiger partial charge in [0.05, 0.1) is 13.2 Å². The lowest BCUT2D eigenvalue weighted by molar-refractivity contribution is -0.148. The maximum atomic E-state index is 11.0. The van der Waals surface area contributed by atoms with Gasteiger partial charge < -0.3 is 14.8 Å². The van der Waals surface area contributed by atoms with Crippen LogP contribution in [0.25, 0.3) is 0 Å². The minimum absolute atomic E-state index is 0.0364. The number of aryl methyl sites for hydroxylation is 1. The summed E-state index contributed by atoms with van der Waals surface area (Å²) < 4.78 is 9.95. The van der Waals surface area contributed by atoms with Gasteiger partial charge >= 0.3 is 5.97 Å². The van der Waals surface area contributed by atoms with Crippen molar-refractivity contribution in [2.24, 2.45) is 0 Å².